The Bertz CT molecular complexity index is 1210. The second-order valence-electron chi connectivity index (χ2n) is 6.57. The van der Waals surface area contributed by atoms with Gasteiger partial charge in [-0.05, 0) is 43.3 Å². The first kappa shape index (κ1) is 18.5. The van der Waals surface area contributed by atoms with Gasteiger partial charge in [-0.25, -0.2) is 9.48 Å². The topological polar surface area (TPSA) is 104 Å². The number of oxazole rings is 1. The van der Waals surface area contributed by atoms with E-state index in [4.69, 9.17) is 9.15 Å². The van der Waals surface area contributed by atoms with Crippen LogP contribution in [0.15, 0.2) is 63.9 Å². The number of hydrogen-bond acceptors (Lipinski definition) is 6. The molecule has 29 heavy (non-hydrogen) atoms. The Morgan fingerprint density at radius 1 is 1.21 bits per heavy atom. The van der Waals surface area contributed by atoms with E-state index in [0.29, 0.717) is 11.1 Å². The first-order chi connectivity index (χ1) is 14.0. The van der Waals surface area contributed by atoms with Crippen LogP contribution in [-0.4, -0.2) is 38.6 Å². The third-order valence-corrected chi connectivity index (χ3v) is 4.47. The number of hydrogen-bond donors (Lipinski definition) is 1. The van der Waals surface area contributed by atoms with E-state index < -0.39 is 5.76 Å². The molecule has 0 aliphatic heterocycles. The molecule has 0 saturated heterocycles. The molecular formula is C20H19N5O4. The Kier molecular flexibility index (Phi) is 4.86. The number of fused-ring (bicyclic) bond motifs is 1. The normalized spacial score (nSPS) is 12.1. The van der Waals surface area contributed by atoms with Crippen LogP contribution in [0.2, 0.25) is 0 Å². The molecule has 0 fully saturated rings. The third-order valence-electron chi connectivity index (χ3n) is 4.47. The molecule has 0 radical (unpaired) electrons. The molecule has 1 atom stereocenters. The van der Waals surface area contributed by atoms with Gasteiger partial charge in [0.2, 0.25) is 0 Å². The fourth-order valence-electron chi connectivity index (χ4n) is 3.03. The summed E-state index contributed by atoms with van der Waals surface area (Å²) in [7, 11) is 1.59. The van der Waals surface area contributed by atoms with Crippen LogP contribution in [0.3, 0.4) is 0 Å². The highest BCUT2D eigenvalue weighted by atomic mass is 16.5. The molecule has 4 aromatic rings. The van der Waals surface area contributed by atoms with E-state index >= 15 is 0 Å². The van der Waals surface area contributed by atoms with Crippen LogP contribution in [0.25, 0.3) is 16.8 Å². The average Bonchev–Trinajstić information content (AvgIpc) is 3.34. The maximum atomic E-state index is 12.5. The minimum atomic E-state index is -0.460. The predicted octanol–water partition coefficient (Wildman–Crippen LogP) is 2.00. The second-order valence-corrected chi connectivity index (χ2v) is 6.57. The monoisotopic (exact) mass is 393 g/mol. The molecule has 0 unspecified atom stereocenters. The largest absolute Gasteiger partial charge is 0.497 e. The number of benzene rings is 2. The van der Waals surface area contributed by atoms with Gasteiger partial charge in [0.15, 0.2) is 11.3 Å². The number of amides is 1. The summed E-state index contributed by atoms with van der Waals surface area (Å²) in [6, 6.07) is 14.1. The highest BCUT2D eigenvalue weighted by molar-refractivity contribution is 5.92. The van der Waals surface area contributed by atoms with Crippen LogP contribution < -0.4 is 15.8 Å². The summed E-state index contributed by atoms with van der Waals surface area (Å²) < 4.78 is 13.4. The minimum absolute atomic E-state index is 0.178. The average molecular weight is 393 g/mol. The molecule has 9 nitrogen and oxygen atoms in total. The number of carbonyl (C=O) groups is 1. The summed E-state index contributed by atoms with van der Waals surface area (Å²) in [6.07, 6.45) is 1.54. The Balaban J connectivity index is 1.45. The van der Waals surface area contributed by atoms with Gasteiger partial charge in [-0.2, -0.15) is 0 Å². The van der Waals surface area contributed by atoms with Crippen molar-refractivity contribution in [3.8, 4) is 11.4 Å². The number of aromatic nitrogens is 4. The SMILES string of the molecule is COc1ccc(-n2cc(C(=O)N[C@@H](C)Cn3c(=O)oc4ccccc43)nn2)cc1. The summed E-state index contributed by atoms with van der Waals surface area (Å²) >= 11 is 0. The fourth-order valence-corrected chi connectivity index (χ4v) is 3.03. The van der Waals surface area contributed by atoms with E-state index in [2.05, 4.69) is 15.6 Å². The molecule has 0 bridgehead atoms. The molecule has 2 heterocycles. The molecule has 148 valence electrons. The zero-order chi connectivity index (χ0) is 20.4. The Hall–Kier alpha value is -3.88. The molecular weight excluding hydrogens is 374 g/mol. The van der Waals surface area contributed by atoms with Crippen LogP contribution in [0.5, 0.6) is 5.75 Å². The van der Waals surface area contributed by atoms with Gasteiger partial charge >= 0.3 is 5.76 Å². The molecule has 1 N–H and O–H groups in total. The number of nitrogens with one attached hydrogen (secondary N) is 1. The van der Waals surface area contributed by atoms with Crippen molar-refractivity contribution in [1.82, 2.24) is 24.9 Å². The predicted molar refractivity (Wildman–Crippen MR) is 105 cm³/mol. The Labute approximate surface area is 165 Å². The molecule has 1 amide bonds. The van der Waals surface area contributed by atoms with Crippen LogP contribution in [0.4, 0.5) is 0 Å². The molecule has 0 spiro atoms. The summed E-state index contributed by atoms with van der Waals surface area (Å²) in [5.74, 6) is -0.112. The van der Waals surface area contributed by atoms with Gasteiger partial charge in [0.25, 0.3) is 5.91 Å². The maximum Gasteiger partial charge on any atom is 0.420 e. The second kappa shape index (κ2) is 7.63. The van der Waals surface area contributed by atoms with Gasteiger partial charge in [0.1, 0.15) is 5.75 Å². The van der Waals surface area contributed by atoms with Crippen LogP contribution in [-0.2, 0) is 6.54 Å². The zero-order valence-corrected chi connectivity index (χ0v) is 15.9. The first-order valence-electron chi connectivity index (χ1n) is 9.01. The fraction of sp³-hybridized carbons (Fsp3) is 0.200. The van der Waals surface area contributed by atoms with Crippen LogP contribution in [0.1, 0.15) is 17.4 Å². The number of methoxy groups -OCH3 is 1. The Morgan fingerprint density at radius 3 is 2.72 bits per heavy atom. The first-order valence-corrected chi connectivity index (χ1v) is 9.01. The maximum absolute atomic E-state index is 12.5. The van der Waals surface area contributed by atoms with Crippen molar-refractivity contribution >= 4 is 17.0 Å². The molecule has 0 aliphatic carbocycles. The van der Waals surface area contributed by atoms with Crippen LogP contribution in [0, 0.1) is 0 Å². The van der Waals surface area contributed by atoms with Crippen molar-refractivity contribution in [2.75, 3.05) is 7.11 Å². The molecule has 9 heteroatoms. The van der Waals surface area contributed by atoms with Crippen molar-refractivity contribution < 1.29 is 13.9 Å². The number of ether oxygens (including phenoxy) is 1. The van der Waals surface area contributed by atoms with Crippen molar-refractivity contribution in [1.29, 1.82) is 0 Å². The summed E-state index contributed by atoms with van der Waals surface area (Å²) in [6.45, 7) is 2.08. The lowest BCUT2D eigenvalue weighted by atomic mass is 10.3. The summed E-state index contributed by atoms with van der Waals surface area (Å²) in [5, 5.41) is 10.8. The smallest absolute Gasteiger partial charge is 0.420 e. The number of nitrogens with zero attached hydrogens (tertiary/aromatic N) is 4. The molecule has 2 aromatic carbocycles. The van der Waals surface area contributed by atoms with E-state index in [0.717, 1.165) is 11.4 Å². The van der Waals surface area contributed by atoms with Gasteiger partial charge in [-0.1, -0.05) is 17.3 Å². The van der Waals surface area contributed by atoms with E-state index in [-0.39, 0.29) is 24.2 Å². The summed E-state index contributed by atoms with van der Waals surface area (Å²) in [5.41, 5.74) is 2.13. The molecule has 2 aromatic heterocycles. The van der Waals surface area contributed by atoms with E-state index in [1.165, 1.54) is 9.25 Å². The van der Waals surface area contributed by atoms with E-state index in [9.17, 15) is 9.59 Å². The minimum Gasteiger partial charge on any atom is -0.497 e. The van der Waals surface area contributed by atoms with Gasteiger partial charge < -0.3 is 14.5 Å². The molecule has 0 saturated carbocycles. The standard InChI is InChI=1S/C20H19N5O4/c1-13(11-24-17-5-3-4-6-18(17)29-20(24)27)21-19(26)16-12-25(23-22-16)14-7-9-15(28-2)10-8-14/h3-10,12-13H,11H2,1-2H3,(H,21,26)/t13-/m0/s1. The lowest BCUT2D eigenvalue weighted by molar-refractivity contribution is 0.0931. The molecule has 0 aliphatic rings. The van der Waals surface area contributed by atoms with Gasteiger partial charge in [0, 0.05) is 12.6 Å². The van der Waals surface area contributed by atoms with Crippen molar-refractivity contribution in [3.63, 3.8) is 0 Å². The summed E-state index contributed by atoms with van der Waals surface area (Å²) in [4.78, 5) is 24.6. The lowest BCUT2D eigenvalue weighted by Gasteiger charge is -2.13. The highest BCUT2D eigenvalue weighted by Crippen LogP contribution is 2.14. The number of para-hydroxylation sites is 2. The van der Waals surface area contributed by atoms with Crippen LogP contribution >= 0.6 is 0 Å². The number of carbonyl (C=O) groups excluding carboxylic acids is 1. The van der Waals surface area contributed by atoms with Gasteiger partial charge in [-0.15, -0.1) is 5.10 Å². The highest BCUT2D eigenvalue weighted by Gasteiger charge is 2.17. The van der Waals surface area contributed by atoms with Gasteiger partial charge in [-0.3, -0.25) is 9.36 Å². The third kappa shape index (κ3) is 3.75. The molecule has 4 rings (SSSR count). The number of rotatable bonds is 6. The van der Waals surface area contributed by atoms with Gasteiger partial charge in [0.05, 0.1) is 24.5 Å². The van der Waals surface area contributed by atoms with E-state index in [1.807, 2.05) is 18.2 Å². The van der Waals surface area contributed by atoms with Crippen molar-refractivity contribution in [2.24, 2.45) is 0 Å². The lowest BCUT2D eigenvalue weighted by Crippen LogP contribution is -2.37. The quantitative estimate of drug-likeness (QED) is 0.537. The zero-order valence-electron chi connectivity index (χ0n) is 15.9. The van der Waals surface area contributed by atoms with E-state index in [1.54, 1.807) is 50.6 Å². The van der Waals surface area contributed by atoms with Crippen molar-refractivity contribution in [3.05, 3.63) is 71.0 Å². The van der Waals surface area contributed by atoms with Crippen molar-refractivity contribution in [2.45, 2.75) is 19.5 Å². The Morgan fingerprint density at radius 2 is 1.97 bits per heavy atom.